The van der Waals surface area contributed by atoms with Crippen molar-refractivity contribution >= 4 is 5.97 Å². The average Bonchev–Trinajstić information content (AvgIpc) is 2.33. The molecule has 0 saturated heterocycles. The molecular weight excluding hydrogens is 238 g/mol. The van der Waals surface area contributed by atoms with E-state index in [1.807, 2.05) is 0 Å². The fourth-order valence-electron chi connectivity index (χ4n) is 3.10. The van der Waals surface area contributed by atoms with Crippen molar-refractivity contribution in [3.05, 3.63) is 0 Å². The molecule has 0 amide bonds. The highest BCUT2D eigenvalue weighted by molar-refractivity contribution is 5.73. The number of carbonyl (C=O) groups is 1. The van der Waals surface area contributed by atoms with Crippen molar-refractivity contribution in [2.24, 2.45) is 11.3 Å². The molecule has 0 heterocycles. The fourth-order valence-corrected chi connectivity index (χ4v) is 3.10. The van der Waals surface area contributed by atoms with Gasteiger partial charge in [-0.3, -0.25) is 4.79 Å². The lowest BCUT2D eigenvalue weighted by Crippen LogP contribution is -2.45. The Balaban J connectivity index is 2.40. The molecule has 0 unspecified atom stereocenters. The van der Waals surface area contributed by atoms with Gasteiger partial charge in [0.2, 0.25) is 0 Å². The van der Waals surface area contributed by atoms with Crippen molar-refractivity contribution in [3.8, 4) is 0 Å². The normalized spacial score (nSPS) is 26.1. The molecule has 2 N–H and O–H groups in total. The summed E-state index contributed by atoms with van der Waals surface area (Å²) in [7, 11) is 0. The maximum absolute atomic E-state index is 11.2. The number of carboxylic acids is 1. The van der Waals surface area contributed by atoms with E-state index in [0.29, 0.717) is 11.5 Å². The van der Waals surface area contributed by atoms with Gasteiger partial charge >= 0.3 is 5.97 Å². The molecule has 1 aliphatic rings. The number of nitrogens with one attached hydrogen (secondary N) is 1. The first-order chi connectivity index (χ1) is 8.84. The summed E-state index contributed by atoms with van der Waals surface area (Å²) >= 11 is 0. The molecule has 1 saturated carbocycles. The largest absolute Gasteiger partial charge is 0.480 e. The second-order valence-electron chi connectivity index (χ2n) is 7.11. The highest BCUT2D eigenvalue weighted by atomic mass is 16.4. The third kappa shape index (κ3) is 5.52. The third-order valence-electron chi connectivity index (χ3n) is 4.53. The molecule has 1 rings (SSSR count). The fraction of sp³-hybridized carbons (Fsp3) is 0.938. The van der Waals surface area contributed by atoms with Gasteiger partial charge in [-0.05, 0) is 43.4 Å². The van der Waals surface area contributed by atoms with Crippen LogP contribution < -0.4 is 5.32 Å². The molecule has 112 valence electrons. The van der Waals surface area contributed by atoms with Gasteiger partial charge in [0.1, 0.15) is 6.04 Å². The lowest BCUT2D eigenvalue weighted by atomic mass is 9.71. The molecule has 1 fully saturated rings. The van der Waals surface area contributed by atoms with Gasteiger partial charge in [0.25, 0.3) is 0 Å². The Morgan fingerprint density at radius 3 is 2.26 bits per heavy atom. The van der Waals surface area contributed by atoms with E-state index >= 15 is 0 Å². The molecule has 0 aromatic carbocycles. The van der Waals surface area contributed by atoms with Crippen LogP contribution in [0.3, 0.4) is 0 Å². The lowest BCUT2D eigenvalue weighted by Gasteiger charge is -2.38. The maximum Gasteiger partial charge on any atom is 0.320 e. The summed E-state index contributed by atoms with van der Waals surface area (Å²) in [5, 5.41) is 12.6. The minimum absolute atomic E-state index is 0.351. The van der Waals surface area contributed by atoms with Crippen LogP contribution in [0, 0.1) is 11.3 Å². The number of aliphatic carboxylic acids is 1. The molecule has 1 aliphatic carbocycles. The zero-order valence-corrected chi connectivity index (χ0v) is 13.0. The molecule has 0 aliphatic heterocycles. The lowest BCUT2D eigenvalue weighted by molar-refractivity contribution is -0.140. The number of carboxylic acid groups (broad SMARTS) is 1. The molecule has 0 aromatic heterocycles. The van der Waals surface area contributed by atoms with Gasteiger partial charge in [-0.1, -0.05) is 40.5 Å². The second kappa shape index (κ2) is 7.28. The predicted molar refractivity (Wildman–Crippen MR) is 79.3 cm³/mol. The van der Waals surface area contributed by atoms with Crippen LogP contribution in [0.25, 0.3) is 0 Å². The summed E-state index contributed by atoms with van der Waals surface area (Å²) in [6, 6.07) is 0.0488. The summed E-state index contributed by atoms with van der Waals surface area (Å²) in [5.41, 5.74) is 0.388. The van der Waals surface area contributed by atoms with Gasteiger partial charge in [-0.15, -0.1) is 0 Å². The van der Waals surface area contributed by atoms with E-state index in [9.17, 15) is 9.90 Å². The molecule has 0 spiro atoms. The average molecular weight is 269 g/mol. The molecule has 0 bridgehead atoms. The van der Waals surface area contributed by atoms with Crippen molar-refractivity contribution in [1.29, 1.82) is 0 Å². The number of rotatable bonds is 6. The van der Waals surface area contributed by atoms with Gasteiger partial charge in [-0.25, -0.2) is 0 Å². The first-order valence-corrected chi connectivity index (χ1v) is 7.83. The number of unbranched alkanes of at least 4 members (excludes halogenated alkanes) is 1. The summed E-state index contributed by atoms with van der Waals surface area (Å²) in [6.45, 7) is 9.04. The monoisotopic (exact) mass is 269 g/mol. The topological polar surface area (TPSA) is 49.3 Å². The van der Waals surface area contributed by atoms with Crippen molar-refractivity contribution in [2.75, 3.05) is 0 Å². The summed E-state index contributed by atoms with van der Waals surface area (Å²) in [6.07, 6.45) is 7.49. The van der Waals surface area contributed by atoms with E-state index in [1.165, 1.54) is 12.8 Å². The van der Waals surface area contributed by atoms with E-state index in [-0.39, 0.29) is 6.04 Å². The highest BCUT2D eigenvalue weighted by Gasteiger charge is 2.31. The Kier molecular flexibility index (Phi) is 6.31. The van der Waals surface area contributed by atoms with Crippen LogP contribution in [0.4, 0.5) is 0 Å². The van der Waals surface area contributed by atoms with Crippen LogP contribution in [0.1, 0.15) is 72.6 Å². The van der Waals surface area contributed by atoms with Gasteiger partial charge in [0.15, 0.2) is 0 Å². The predicted octanol–water partition coefficient (Wildman–Crippen LogP) is 3.82. The minimum atomic E-state index is -0.689. The van der Waals surface area contributed by atoms with Crippen LogP contribution in [-0.2, 0) is 4.79 Å². The SMILES string of the molecule is CCCC[C@H](NC1CCC(C(C)(C)C)CC1)C(=O)O. The summed E-state index contributed by atoms with van der Waals surface area (Å²) in [4.78, 5) is 11.2. The highest BCUT2D eigenvalue weighted by Crippen LogP contribution is 2.37. The van der Waals surface area contributed by atoms with Crippen molar-refractivity contribution in [2.45, 2.75) is 84.7 Å². The molecule has 3 heteroatoms. The van der Waals surface area contributed by atoms with Gasteiger partial charge in [-0.2, -0.15) is 0 Å². The van der Waals surface area contributed by atoms with E-state index in [1.54, 1.807) is 0 Å². The van der Waals surface area contributed by atoms with Crippen LogP contribution in [-0.4, -0.2) is 23.2 Å². The van der Waals surface area contributed by atoms with Crippen molar-refractivity contribution in [1.82, 2.24) is 5.32 Å². The zero-order valence-electron chi connectivity index (χ0n) is 13.0. The number of hydrogen-bond donors (Lipinski definition) is 2. The van der Waals surface area contributed by atoms with Crippen molar-refractivity contribution < 1.29 is 9.90 Å². The molecule has 19 heavy (non-hydrogen) atoms. The summed E-state index contributed by atoms with van der Waals surface area (Å²) in [5.74, 6) is 0.0934. The molecule has 0 aromatic rings. The Labute approximate surface area is 118 Å². The Morgan fingerprint density at radius 2 is 1.84 bits per heavy atom. The van der Waals surface area contributed by atoms with Gasteiger partial charge in [0.05, 0.1) is 0 Å². The first-order valence-electron chi connectivity index (χ1n) is 7.83. The minimum Gasteiger partial charge on any atom is -0.480 e. The van der Waals surface area contributed by atoms with Crippen molar-refractivity contribution in [3.63, 3.8) is 0 Å². The quantitative estimate of drug-likeness (QED) is 0.770. The molecular formula is C16H31NO2. The maximum atomic E-state index is 11.2. The molecule has 1 atom stereocenters. The Hall–Kier alpha value is -0.570. The standard InChI is InChI=1S/C16H31NO2/c1-5-6-7-14(15(18)19)17-13-10-8-12(9-11-13)16(2,3)4/h12-14,17H,5-11H2,1-4H3,(H,18,19)/t12?,13?,14-/m0/s1. The van der Waals surface area contributed by atoms with Crippen LogP contribution >= 0.6 is 0 Å². The Morgan fingerprint density at radius 1 is 1.26 bits per heavy atom. The second-order valence-corrected chi connectivity index (χ2v) is 7.11. The van der Waals surface area contributed by atoms with Crippen LogP contribution in [0.2, 0.25) is 0 Å². The van der Waals surface area contributed by atoms with Crippen LogP contribution in [0.15, 0.2) is 0 Å². The smallest absolute Gasteiger partial charge is 0.320 e. The van der Waals surface area contributed by atoms with E-state index in [4.69, 9.17) is 0 Å². The van der Waals surface area contributed by atoms with Crippen LogP contribution in [0.5, 0.6) is 0 Å². The third-order valence-corrected chi connectivity index (χ3v) is 4.53. The molecule has 3 nitrogen and oxygen atoms in total. The zero-order chi connectivity index (χ0) is 14.5. The molecule has 0 radical (unpaired) electrons. The Bertz CT molecular complexity index is 275. The first kappa shape index (κ1) is 16.5. The van der Waals surface area contributed by atoms with Gasteiger partial charge < -0.3 is 10.4 Å². The van der Waals surface area contributed by atoms with E-state index in [0.717, 1.165) is 38.0 Å². The summed E-state index contributed by atoms with van der Waals surface area (Å²) < 4.78 is 0. The van der Waals surface area contributed by atoms with E-state index in [2.05, 4.69) is 33.0 Å². The van der Waals surface area contributed by atoms with E-state index < -0.39 is 5.97 Å². The number of hydrogen-bond acceptors (Lipinski definition) is 2. The van der Waals surface area contributed by atoms with Gasteiger partial charge in [0, 0.05) is 6.04 Å².